The Kier molecular flexibility index (Phi) is 3.18. The molecule has 2 N–H and O–H groups in total. The van der Waals surface area contributed by atoms with Gasteiger partial charge in [0, 0.05) is 5.69 Å². The molecule has 0 aliphatic rings. The molecule has 0 fully saturated rings. The number of nitrogens with two attached hydrogens (primary N) is 1. The number of halogens is 5. The number of alkyl halides is 3. The first kappa shape index (κ1) is 13.3. The van der Waals surface area contributed by atoms with E-state index >= 15 is 0 Å². The Morgan fingerprint density at radius 3 is 2.11 bits per heavy atom. The van der Waals surface area contributed by atoms with Crippen molar-refractivity contribution >= 4 is 5.69 Å². The van der Waals surface area contributed by atoms with Gasteiger partial charge in [-0.1, -0.05) is 0 Å². The van der Waals surface area contributed by atoms with Crippen LogP contribution >= 0.6 is 0 Å². The summed E-state index contributed by atoms with van der Waals surface area (Å²) in [5, 5.41) is 0. The summed E-state index contributed by atoms with van der Waals surface area (Å²) >= 11 is 0. The summed E-state index contributed by atoms with van der Waals surface area (Å²) in [6.45, 7) is 0. The van der Waals surface area contributed by atoms with E-state index < -0.39 is 28.9 Å². The molecular formula is C13H8F5N. The van der Waals surface area contributed by atoms with E-state index in [0.717, 1.165) is 18.2 Å². The molecule has 2 aromatic rings. The summed E-state index contributed by atoms with van der Waals surface area (Å²) in [5.41, 5.74) is 3.73. The van der Waals surface area contributed by atoms with E-state index in [-0.39, 0.29) is 11.3 Å². The van der Waals surface area contributed by atoms with Crippen LogP contribution in [0.4, 0.5) is 27.6 Å². The molecule has 0 unspecified atom stereocenters. The second-order valence-electron chi connectivity index (χ2n) is 3.96. The number of hydrogen-bond donors (Lipinski definition) is 1. The van der Waals surface area contributed by atoms with Crippen LogP contribution in [-0.2, 0) is 6.18 Å². The number of anilines is 1. The third-order valence-corrected chi connectivity index (χ3v) is 2.52. The fourth-order valence-corrected chi connectivity index (χ4v) is 1.77. The standard InChI is InChI=1S/C13H8F5N/c14-8-1-2-12(13(16,17)18)11(6-8)7-3-9(15)5-10(19)4-7/h1-6H,19H2. The Bertz CT molecular complexity index is 599. The van der Waals surface area contributed by atoms with Crippen molar-refractivity contribution in [2.45, 2.75) is 6.18 Å². The van der Waals surface area contributed by atoms with Crippen molar-refractivity contribution in [1.29, 1.82) is 0 Å². The van der Waals surface area contributed by atoms with Crippen molar-refractivity contribution in [3.05, 3.63) is 53.6 Å². The van der Waals surface area contributed by atoms with Crippen molar-refractivity contribution in [3.63, 3.8) is 0 Å². The highest BCUT2D eigenvalue weighted by Gasteiger charge is 2.33. The quantitative estimate of drug-likeness (QED) is 0.610. The molecular weight excluding hydrogens is 265 g/mol. The lowest BCUT2D eigenvalue weighted by Gasteiger charge is -2.13. The summed E-state index contributed by atoms with van der Waals surface area (Å²) < 4.78 is 64.8. The molecule has 19 heavy (non-hydrogen) atoms. The molecule has 0 amide bonds. The van der Waals surface area contributed by atoms with Crippen LogP contribution in [-0.4, -0.2) is 0 Å². The van der Waals surface area contributed by atoms with Crippen LogP contribution in [0.15, 0.2) is 36.4 Å². The van der Waals surface area contributed by atoms with Crippen LogP contribution in [0.5, 0.6) is 0 Å². The molecule has 6 heteroatoms. The average molecular weight is 273 g/mol. The maximum Gasteiger partial charge on any atom is 0.417 e. The van der Waals surface area contributed by atoms with Crippen LogP contribution < -0.4 is 5.73 Å². The summed E-state index contributed by atoms with van der Waals surface area (Å²) in [5.74, 6) is -1.63. The molecule has 1 nitrogen and oxygen atoms in total. The molecule has 100 valence electrons. The minimum absolute atomic E-state index is 0.0348. The number of hydrogen-bond acceptors (Lipinski definition) is 1. The van der Waals surface area contributed by atoms with Gasteiger partial charge < -0.3 is 5.73 Å². The van der Waals surface area contributed by atoms with Gasteiger partial charge in [-0.25, -0.2) is 8.78 Å². The van der Waals surface area contributed by atoms with Gasteiger partial charge in [0.05, 0.1) is 5.56 Å². The fraction of sp³-hybridized carbons (Fsp3) is 0.0769. The Morgan fingerprint density at radius 2 is 1.53 bits per heavy atom. The minimum Gasteiger partial charge on any atom is -0.399 e. The highest BCUT2D eigenvalue weighted by Crippen LogP contribution is 2.38. The van der Waals surface area contributed by atoms with Crippen LogP contribution in [0.3, 0.4) is 0 Å². The topological polar surface area (TPSA) is 26.0 Å². The lowest BCUT2D eigenvalue weighted by atomic mass is 9.98. The molecule has 0 atom stereocenters. The van der Waals surface area contributed by atoms with Crippen molar-refractivity contribution in [2.24, 2.45) is 0 Å². The molecule has 0 heterocycles. The summed E-state index contributed by atoms with van der Waals surface area (Å²) in [6.07, 6.45) is -4.66. The SMILES string of the molecule is Nc1cc(F)cc(-c2cc(F)ccc2C(F)(F)F)c1. The molecule has 0 radical (unpaired) electrons. The van der Waals surface area contributed by atoms with Gasteiger partial charge in [-0.05, 0) is 47.5 Å². The highest BCUT2D eigenvalue weighted by atomic mass is 19.4. The molecule has 0 aliphatic carbocycles. The van der Waals surface area contributed by atoms with E-state index in [1.54, 1.807) is 0 Å². The molecule has 0 saturated heterocycles. The van der Waals surface area contributed by atoms with E-state index in [1.807, 2.05) is 0 Å². The van der Waals surface area contributed by atoms with Crippen molar-refractivity contribution < 1.29 is 22.0 Å². The molecule has 0 aromatic heterocycles. The molecule has 2 aromatic carbocycles. The van der Waals surface area contributed by atoms with Gasteiger partial charge in [0.15, 0.2) is 0 Å². The summed E-state index contributed by atoms with van der Waals surface area (Å²) in [4.78, 5) is 0. The van der Waals surface area contributed by atoms with Gasteiger partial charge >= 0.3 is 6.18 Å². The first-order valence-corrected chi connectivity index (χ1v) is 5.20. The van der Waals surface area contributed by atoms with Gasteiger partial charge in [-0.15, -0.1) is 0 Å². The summed E-state index contributed by atoms with van der Waals surface area (Å²) in [7, 11) is 0. The Morgan fingerprint density at radius 1 is 0.842 bits per heavy atom. The van der Waals surface area contributed by atoms with E-state index in [4.69, 9.17) is 5.73 Å². The van der Waals surface area contributed by atoms with Crippen LogP contribution in [0.1, 0.15) is 5.56 Å². The molecule has 0 spiro atoms. The van der Waals surface area contributed by atoms with E-state index in [9.17, 15) is 22.0 Å². The van der Waals surface area contributed by atoms with Gasteiger partial charge in [-0.2, -0.15) is 13.2 Å². The monoisotopic (exact) mass is 273 g/mol. The zero-order valence-corrected chi connectivity index (χ0v) is 9.43. The van der Waals surface area contributed by atoms with Crippen LogP contribution in [0, 0.1) is 11.6 Å². The zero-order chi connectivity index (χ0) is 14.2. The van der Waals surface area contributed by atoms with Gasteiger partial charge in [-0.3, -0.25) is 0 Å². The van der Waals surface area contributed by atoms with E-state index in [0.29, 0.717) is 18.2 Å². The predicted molar refractivity (Wildman–Crippen MR) is 61.2 cm³/mol. The van der Waals surface area contributed by atoms with Crippen molar-refractivity contribution in [2.75, 3.05) is 5.73 Å². The summed E-state index contributed by atoms with van der Waals surface area (Å²) in [6, 6.07) is 5.03. The van der Waals surface area contributed by atoms with Crippen molar-refractivity contribution in [1.82, 2.24) is 0 Å². The number of benzene rings is 2. The maximum absolute atomic E-state index is 13.2. The third-order valence-electron chi connectivity index (χ3n) is 2.52. The molecule has 0 bridgehead atoms. The normalized spacial score (nSPS) is 11.6. The van der Waals surface area contributed by atoms with Crippen LogP contribution in [0.25, 0.3) is 11.1 Å². The van der Waals surface area contributed by atoms with Gasteiger partial charge in [0.1, 0.15) is 11.6 Å². The third kappa shape index (κ3) is 2.83. The van der Waals surface area contributed by atoms with Gasteiger partial charge in [0.2, 0.25) is 0 Å². The molecule has 0 aliphatic heterocycles. The zero-order valence-electron chi connectivity index (χ0n) is 9.43. The first-order chi connectivity index (χ1) is 8.77. The van der Waals surface area contributed by atoms with E-state index in [1.165, 1.54) is 0 Å². The minimum atomic E-state index is -4.66. The Hall–Kier alpha value is -2.11. The molecule has 0 saturated carbocycles. The predicted octanol–water partition coefficient (Wildman–Crippen LogP) is 4.23. The lowest BCUT2D eigenvalue weighted by molar-refractivity contribution is -0.137. The van der Waals surface area contributed by atoms with E-state index in [2.05, 4.69) is 0 Å². The van der Waals surface area contributed by atoms with Crippen LogP contribution in [0.2, 0.25) is 0 Å². The Labute approximate surface area is 105 Å². The number of nitrogen functional groups attached to an aromatic ring is 1. The fourth-order valence-electron chi connectivity index (χ4n) is 1.77. The lowest BCUT2D eigenvalue weighted by Crippen LogP contribution is -2.07. The number of rotatable bonds is 1. The second-order valence-corrected chi connectivity index (χ2v) is 3.96. The highest BCUT2D eigenvalue weighted by molar-refractivity contribution is 5.71. The van der Waals surface area contributed by atoms with Crippen molar-refractivity contribution in [3.8, 4) is 11.1 Å². The molecule has 2 rings (SSSR count). The Balaban J connectivity index is 2.70. The first-order valence-electron chi connectivity index (χ1n) is 5.20. The maximum atomic E-state index is 13.2. The average Bonchev–Trinajstić information content (AvgIpc) is 2.25. The smallest absolute Gasteiger partial charge is 0.399 e. The largest absolute Gasteiger partial charge is 0.417 e. The second kappa shape index (κ2) is 4.53. The van der Waals surface area contributed by atoms with Gasteiger partial charge in [0.25, 0.3) is 0 Å².